The maximum Gasteiger partial charge on any atom is 0.153 e. The van der Waals surface area contributed by atoms with E-state index >= 15 is 0 Å². The molecule has 2 aliphatic rings. The maximum atomic E-state index is 8.94. The molecule has 0 spiro atoms. The molecule has 3 atom stereocenters. The van der Waals surface area contributed by atoms with Crippen molar-refractivity contribution >= 4 is 28.4 Å². The Hall–Kier alpha value is -3.18. The van der Waals surface area contributed by atoms with Gasteiger partial charge in [0.1, 0.15) is 11.6 Å². The highest BCUT2D eigenvalue weighted by Gasteiger charge is 2.40. The number of aryl methyl sites for hydroxylation is 1. The number of fused-ring (bicyclic) bond motifs is 3. The molecular weight excluding hydrogens is 376 g/mol. The Morgan fingerprint density at radius 3 is 2.80 bits per heavy atom. The summed E-state index contributed by atoms with van der Waals surface area (Å²) in [5.74, 6) is 2.33. The summed E-state index contributed by atoms with van der Waals surface area (Å²) in [5.41, 5.74) is 1.90. The van der Waals surface area contributed by atoms with E-state index in [2.05, 4.69) is 36.8 Å². The van der Waals surface area contributed by atoms with Gasteiger partial charge in [0.05, 0.1) is 11.6 Å². The Labute approximate surface area is 175 Å². The van der Waals surface area contributed by atoms with Crippen molar-refractivity contribution in [2.75, 3.05) is 17.2 Å². The van der Waals surface area contributed by atoms with Crippen LogP contribution in [0.4, 0.5) is 17.5 Å². The molecule has 30 heavy (non-hydrogen) atoms. The Morgan fingerprint density at radius 1 is 1.23 bits per heavy atom. The van der Waals surface area contributed by atoms with E-state index in [0.717, 1.165) is 53.4 Å². The largest absolute Gasteiger partial charge is 0.367 e. The van der Waals surface area contributed by atoms with E-state index in [1.54, 1.807) is 0 Å². The van der Waals surface area contributed by atoms with Gasteiger partial charge in [-0.1, -0.05) is 0 Å². The zero-order valence-corrected chi connectivity index (χ0v) is 17.1. The van der Waals surface area contributed by atoms with Gasteiger partial charge < -0.3 is 10.6 Å². The van der Waals surface area contributed by atoms with E-state index in [0.29, 0.717) is 24.5 Å². The summed E-state index contributed by atoms with van der Waals surface area (Å²) < 4.78 is 0. The van der Waals surface area contributed by atoms with E-state index in [-0.39, 0.29) is 0 Å². The van der Waals surface area contributed by atoms with Crippen molar-refractivity contribution in [2.45, 2.75) is 57.2 Å². The molecular formula is C22H26N8. The first-order chi connectivity index (χ1) is 14.7. The number of hydrogen-bond donors (Lipinski definition) is 3. The third-order valence-corrected chi connectivity index (χ3v) is 6.27. The lowest BCUT2D eigenvalue weighted by molar-refractivity contribution is 0.136. The van der Waals surface area contributed by atoms with Crippen LogP contribution in [0.3, 0.4) is 0 Å². The van der Waals surface area contributed by atoms with Crippen LogP contribution in [0.5, 0.6) is 0 Å². The van der Waals surface area contributed by atoms with Crippen LogP contribution in [0.1, 0.15) is 37.8 Å². The van der Waals surface area contributed by atoms with Gasteiger partial charge in [-0.15, -0.1) is 0 Å². The number of hydrogen-bond acceptors (Lipinski definition) is 7. The number of nitriles is 1. The Morgan fingerprint density at radius 2 is 2.07 bits per heavy atom. The SMILES string of the molecule is Cc1cc(Nc2nc(NC3C[C@H]4CC[C@@H](C3)N4CCC#N)cc3ncccc23)n[nH]1. The Balaban J connectivity index is 1.37. The zero-order valence-electron chi connectivity index (χ0n) is 17.1. The van der Waals surface area contributed by atoms with E-state index in [1.807, 2.05) is 37.4 Å². The molecule has 0 aromatic carbocycles. The molecule has 5 rings (SSSR count). The van der Waals surface area contributed by atoms with Crippen LogP contribution in [-0.2, 0) is 0 Å². The van der Waals surface area contributed by atoms with E-state index in [4.69, 9.17) is 10.2 Å². The highest BCUT2D eigenvalue weighted by atomic mass is 15.2. The average molecular weight is 403 g/mol. The average Bonchev–Trinajstić information content (AvgIpc) is 3.25. The smallest absolute Gasteiger partial charge is 0.153 e. The van der Waals surface area contributed by atoms with Crippen LogP contribution in [0.2, 0.25) is 0 Å². The number of nitrogens with zero attached hydrogens (tertiary/aromatic N) is 5. The molecule has 1 unspecified atom stereocenters. The molecule has 5 heterocycles. The van der Waals surface area contributed by atoms with Crippen molar-refractivity contribution in [3.63, 3.8) is 0 Å². The number of nitrogens with one attached hydrogen (secondary N) is 3. The minimum Gasteiger partial charge on any atom is -0.367 e. The van der Waals surface area contributed by atoms with E-state index in [9.17, 15) is 0 Å². The molecule has 8 heteroatoms. The summed E-state index contributed by atoms with van der Waals surface area (Å²) in [5, 5.41) is 24.1. The highest BCUT2D eigenvalue weighted by molar-refractivity contribution is 5.92. The van der Waals surface area contributed by atoms with Gasteiger partial charge in [0, 0.05) is 60.5 Å². The summed E-state index contributed by atoms with van der Waals surface area (Å²) >= 11 is 0. The predicted octanol–water partition coefficient (Wildman–Crippen LogP) is 3.73. The Kier molecular flexibility index (Phi) is 4.97. The lowest BCUT2D eigenvalue weighted by Gasteiger charge is -2.39. The summed E-state index contributed by atoms with van der Waals surface area (Å²) in [6, 6.07) is 11.7. The highest BCUT2D eigenvalue weighted by Crippen LogP contribution is 2.37. The molecule has 154 valence electrons. The fraction of sp³-hybridized carbons (Fsp3) is 0.455. The number of anilines is 3. The van der Waals surface area contributed by atoms with Gasteiger partial charge >= 0.3 is 0 Å². The lowest BCUT2D eigenvalue weighted by Crippen LogP contribution is -2.47. The van der Waals surface area contributed by atoms with Crippen molar-refractivity contribution < 1.29 is 0 Å². The molecule has 3 aromatic rings. The number of rotatable bonds is 6. The normalized spacial score (nSPS) is 23.4. The third kappa shape index (κ3) is 3.68. The van der Waals surface area contributed by atoms with Crippen molar-refractivity contribution in [3.05, 3.63) is 36.2 Å². The molecule has 0 radical (unpaired) electrons. The number of aromatic nitrogens is 4. The molecule has 0 aliphatic carbocycles. The number of aromatic amines is 1. The Bertz CT molecular complexity index is 1070. The van der Waals surface area contributed by atoms with Gasteiger partial charge in [-0.05, 0) is 44.7 Å². The molecule has 2 aliphatic heterocycles. The first-order valence-electron chi connectivity index (χ1n) is 10.6. The monoisotopic (exact) mass is 402 g/mol. The number of piperidine rings is 1. The van der Waals surface area contributed by atoms with Gasteiger partial charge in [0.15, 0.2) is 5.82 Å². The fourth-order valence-corrected chi connectivity index (χ4v) is 4.99. The molecule has 8 nitrogen and oxygen atoms in total. The second kappa shape index (κ2) is 7.92. The second-order valence-corrected chi connectivity index (χ2v) is 8.33. The molecule has 2 fully saturated rings. The van der Waals surface area contributed by atoms with E-state index in [1.165, 1.54) is 12.8 Å². The van der Waals surface area contributed by atoms with Crippen LogP contribution < -0.4 is 10.6 Å². The first kappa shape index (κ1) is 18.8. The molecule has 3 aromatic heterocycles. The maximum absolute atomic E-state index is 8.94. The van der Waals surface area contributed by atoms with Gasteiger partial charge in [0.2, 0.25) is 0 Å². The van der Waals surface area contributed by atoms with Crippen LogP contribution in [0.15, 0.2) is 30.5 Å². The number of H-pyrrole nitrogens is 1. The summed E-state index contributed by atoms with van der Waals surface area (Å²) in [7, 11) is 0. The van der Waals surface area contributed by atoms with Crippen molar-refractivity contribution in [2.24, 2.45) is 0 Å². The third-order valence-electron chi connectivity index (χ3n) is 6.27. The summed E-state index contributed by atoms with van der Waals surface area (Å²) in [4.78, 5) is 12.0. The van der Waals surface area contributed by atoms with Crippen LogP contribution in [-0.4, -0.2) is 49.7 Å². The summed E-state index contributed by atoms with van der Waals surface area (Å²) in [6.07, 6.45) is 7.06. The standard InChI is InChI=1S/C22H26N8/c1-14-10-21(29-28-14)27-22-18-4-2-8-24-19(18)13-20(26-22)25-15-11-16-5-6-17(12-15)30(16)9-3-7-23/h2,4,8,10,13,15-17H,3,5-6,9,11-12H2,1H3,(H3,25,26,27,28,29)/t15?,16-,17+. The minimum absolute atomic E-state index is 0.384. The van der Waals surface area contributed by atoms with Crippen molar-refractivity contribution in [1.29, 1.82) is 5.26 Å². The topological polar surface area (TPSA) is 106 Å². The minimum atomic E-state index is 0.384. The predicted molar refractivity (Wildman–Crippen MR) is 117 cm³/mol. The summed E-state index contributed by atoms with van der Waals surface area (Å²) in [6.45, 7) is 2.87. The van der Waals surface area contributed by atoms with Crippen molar-refractivity contribution in [1.82, 2.24) is 25.1 Å². The molecule has 2 saturated heterocycles. The number of pyridine rings is 2. The van der Waals surface area contributed by atoms with Gasteiger partial charge in [-0.3, -0.25) is 15.0 Å². The quantitative estimate of drug-likeness (QED) is 0.577. The first-order valence-corrected chi connectivity index (χ1v) is 10.6. The van der Waals surface area contributed by atoms with E-state index < -0.39 is 0 Å². The molecule has 0 saturated carbocycles. The van der Waals surface area contributed by atoms with Crippen molar-refractivity contribution in [3.8, 4) is 6.07 Å². The van der Waals surface area contributed by atoms with Crippen LogP contribution >= 0.6 is 0 Å². The van der Waals surface area contributed by atoms with Crippen LogP contribution in [0.25, 0.3) is 10.9 Å². The second-order valence-electron chi connectivity index (χ2n) is 8.33. The fourth-order valence-electron chi connectivity index (χ4n) is 4.99. The van der Waals surface area contributed by atoms with Gasteiger partial charge in [0.25, 0.3) is 0 Å². The van der Waals surface area contributed by atoms with Gasteiger partial charge in [-0.25, -0.2) is 4.98 Å². The zero-order chi connectivity index (χ0) is 20.5. The molecule has 2 bridgehead atoms. The lowest BCUT2D eigenvalue weighted by atomic mass is 9.97. The van der Waals surface area contributed by atoms with Crippen LogP contribution in [0, 0.1) is 18.3 Å². The van der Waals surface area contributed by atoms with Gasteiger partial charge in [-0.2, -0.15) is 10.4 Å². The molecule has 3 N–H and O–H groups in total. The molecule has 0 amide bonds.